The van der Waals surface area contributed by atoms with Crippen LogP contribution in [-0.2, 0) is 0 Å². The van der Waals surface area contributed by atoms with E-state index in [1.54, 1.807) is 0 Å². The van der Waals surface area contributed by atoms with Crippen LogP contribution in [0.25, 0.3) is 0 Å². The first-order valence-corrected chi connectivity index (χ1v) is 18.8. The SMILES string of the molecule is Cc1cc(F)c(C#Cc2ccc(C#CC3CCC(C)CC3)cc2)cc1F.Cc1ccc(C#Cc2cc(C)c(C#CC3CCC(C)CC3)cc2C)cc1. The molecule has 2 aliphatic rings. The second kappa shape index (κ2) is 18.5. The molecular formula is C50H50F2. The van der Waals surface area contributed by atoms with Crippen LogP contribution in [0.2, 0.25) is 0 Å². The zero-order valence-electron chi connectivity index (χ0n) is 31.7. The molecule has 0 radical (unpaired) electrons. The van der Waals surface area contributed by atoms with Crippen molar-refractivity contribution in [2.45, 2.75) is 92.9 Å². The summed E-state index contributed by atoms with van der Waals surface area (Å²) in [5, 5.41) is 0. The van der Waals surface area contributed by atoms with Crippen LogP contribution in [0.15, 0.2) is 72.8 Å². The fraction of sp³-hybridized carbons (Fsp3) is 0.360. The summed E-state index contributed by atoms with van der Waals surface area (Å²) in [6, 6.07) is 22.6. The third-order valence-corrected chi connectivity index (χ3v) is 10.3. The number of rotatable bonds is 0. The van der Waals surface area contributed by atoms with Gasteiger partial charge in [-0.25, -0.2) is 8.78 Å². The van der Waals surface area contributed by atoms with Crippen LogP contribution >= 0.6 is 0 Å². The Morgan fingerprint density at radius 1 is 0.423 bits per heavy atom. The molecule has 2 heteroatoms. The average molecular weight is 689 g/mol. The summed E-state index contributed by atoms with van der Waals surface area (Å²) in [5.74, 6) is 27.6. The van der Waals surface area contributed by atoms with Gasteiger partial charge in [0.25, 0.3) is 0 Å². The molecule has 4 aromatic rings. The first-order valence-electron chi connectivity index (χ1n) is 18.8. The smallest absolute Gasteiger partial charge is 0.139 e. The summed E-state index contributed by atoms with van der Waals surface area (Å²) < 4.78 is 27.4. The second-order valence-electron chi connectivity index (χ2n) is 15.0. The van der Waals surface area contributed by atoms with E-state index in [4.69, 9.17) is 0 Å². The van der Waals surface area contributed by atoms with Crippen molar-refractivity contribution in [3.05, 3.63) is 140 Å². The van der Waals surface area contributed by atoms with Crippen molar-refractivity contribution in [3.63, 3.8) is 0 Å². The van der Waals surface area contributed by atoms with Gasteiger partial charge in [-0.3, -0.25) is 0 Å². The highest BCUT2D eigenvalue weighted by Crippen LogP contribution is 2.29. The zero-order chi connectivity index (χ0) is 37.0. The summed E-state index contributed by atoms with van der Waals surface area (Å²) in [4.78, 5) is 0. The van der Waals surface area contributed by atoms with E-state index >= 15 is 0 Å². The van der Waals surface area contributed by atoms with E-state index in [0.717, 1.165) is 45.7 Å². The molecule has 6 rings (SSSR count). The van der Waals surface area contributed by atoms with Gasteiger partial charge in [0.05, 0.1) is 5.56 Å². The first-order chi connectivity index (χ1) is 25.0. The molecule has 0 spiro atoms. The summed E-state index contributed by atoms with van der Waals surface area (Å²) in [7, 11) is 0. The molecule has 0 atom stereocenters. The van der Waals surface area contributed by atoms with E-state index in [1.807, 2.05) is 24.3 Å². The molecule has 0 nitrogen and oxygen atoms in total. The Morgan fingerprint density at radius 2 is 0.846 bits per heavy atom. The van der Waals surface area contributed by atoms with E-state index in [1.165, 1.54) is 81.0 Å². The maximum absolute atomic E-state index is 13.8. The Balaban J connectivity index is 0.000000201. The van der Waals surface area contributed by atoms with E-state index in [2.05, 4.69) is 118 Å². The molecule has 2 aliphatic carbocycles. The van der Waals surface area contributed by atoms with Gasteiger partial charge in [0, 0.05) is 39.7 Å². The lowest BCUT2D eigenvalue weighted by molar-refractivity contribution is 0.337. The lowest BCUT2D eigenvalue weighted by Gasteiger charge is -2.22. The molecule has 52 heavy (non-hydrogen) atoms. The third-order valence-electron chi connectivity index (χ3n) is 10.3. The number of benzene rings is 4. The maximum Gasteiger partial charge on any atom is 0.139 e. The van der Waals surface area contributed by atoms with Gasteiger partial charge < -0.3 is 0 Å². The van der Waals surface area contributed by atoms with Crippen LogP contribution in [0.1, 0.15) is 121 Å². The van der Waals surface area contributed by atoms with Crippen molar-refractivity contribution in [2.75, 3.05) is 0 Å². The van der Waals surface area contributed by atoms with Crippen molar-refractivity contribution < 1.29 is 8.78 Å². The highest BCUT2D eigenvalue weighted by Gasteiger charge is 2.17. The van der Waals surface area contributed by atoms with Crippen LogP contribution in [0, 0.1) is 110 Å². The molecule has 0 unspecified atom stereocenters. The van der Waals surface area contributed by atoms with Gasteiger partial charge in [0.2, 0.25) is 0 Å². The summed E-state index contributed by atoms with van der Waals surface area (Å²) in [5.41, 5.74) is 9.07. The number of hydrogen-bond acceptors (Lipinski definition) is 0. The second-order valence-corrected chi connectivity index (χ2v) is 15.0. The Kier molecular flexibility index (Phi) is 13.6. The van der Waals surface area contributed by atoms with Crippen molar-refractivity contribution >= 4 is 0 Å². The van der Waals surface area contributed by atoms with E-state index < -0.39 is 11.6 Å². The van der Waals surface area contributed by atoms with Crippen molar-refractivity contribution in [1.29, 1.82) is 0 Å². The molecule has 0 bridgehead atoms. The number of halogens is 2. The summed E-state index contributed by atoms with van der Waals surface area (Å²) >= 11 is 0. The fourth-order valence-corrected chi connectivity index (χ4v) is 6.55. The Morgan fingerprint density at radius 3 is 1.37 bits per heavy atom. The lowest BCUT2D eigenvalue weighted by atomic mass is 9.83. The number of aryl methyl sites for hydroxylation is 4. The van der Waals surface area contributed by atoms with E-state index in [-0.39, 0.29) is 11.1 Å². The topological polar surface area (TPSA) is 0 Å². The summed E-state index contributed by atoms with van der Waals surface area (Å²) in [6.45, 7) is 12.6. The molecule has 0 heterocycles. The third kappa shape index (κ3) is 11.5. The van der Waals surface area contributed by atoms with Gasteiger partial charge in [0.15, 0.2) is 0 Å². The molecule has 0 amide bonds. The molecule has 0 aliphatic heterocycles. The predicted molar refractivity (Wildman–Crippen MR) is 213 cm³/mol. The van der Waals surface area contributed by atoms with Crippen molar-refractivity contribution in [3.8, 4) is 47.4 Å². The minimum Gasteiger partial charge on any atom is -0.207 e. The summed E-state index contributed by atoms with van der Waals surface area (Å²) in [6.07, 6.45) is 10.1. The fourth-order valence-electron chi connectivity index (χ4n) is 6.55. The minimum atomic E-state index is -0.499. The van der Waals surface area contributed by atoms with Crippen molar-refractivity contribution in [2.24, 2.45) is 23.7 Å². The quantitative estimate of drug-likeness (QED) is 0.161. The van der Waals surface area contributed by atoms with Gasteiger partial charge in [0.1, 0.15) is 11.6 Å². The van der Waals surface area contributed by atoms with Crippen molar-refractivity contribution in [1.82, 2.24) is 0 Å². The molecule has 2 saturated carbocycles. The van der Waals surface area contributed by atoms with Gasteiger partial charge in [-0.15, -0.1) is 0 Å². The predicted octanol–water partition coefficient (Wildman–Crippen LogP) is 12.0. The van der Waals surface area contributed by atoms with E-state index in [9.17, 15) is 8.78 Å². The van der Waals surface area contributed by atoms with Gasteiger partial charge >= 0.3 is 0 Å². The molecule has 0 N–H and O–H groups in total. The monoisotopic (exact) mass is 688 g/mol. The largest absolute Gasteiger partial charge is 0.207 e. The Hall–Kier alpha value is -5.02. The normalized spacial score (nSPS) is 19.1. The van der Waals surface area contributed by atoms with Gasteiger partial charge in [-0.1, -0.05) is 78.9 Å². The zero-order valence-corrected chi connectivity index (χ0v) is 31.7. The van der Waals surface area contributed by atoms with Crippen LogP contribution < -0.4 is 0 Å². The Labute approximate surface area is 311 Å². The van der Waals surface area contributed by atoms with Crippen LogP contribution in [0.5, 0.6) is 0 Å². The highest BCUT2D eigenvalue weighted by molar-refractivity contribution is 5.53. The molecular weight excluding hydrogens is 639 g/mol. The molecule has 264 valence electrons. The highest BCUT2D eigenvalue weighted by atomic mass is 19.1. The molecule has 0 aromatic heterocycles. The van der Waals surface area contributed by atoms with Crippen LogP contribution in [0.4, 0.5) is 8.78 Å². The first kappa shape index (κ1) is 38.2. The van der Waals surface area contributed by atoms with E-state index in [0.29, 0.717) is 11.8 Å². The van der Waals surface area contributed by atoms with Crippen LogP contribution in [-0.4, -0.2) is 0 Å². The van der Waals surface area contributed by atoms with Crippen LogP contribution in [0.3, 0.4) is 0 Å². The average Bonchev–Trinajstić information content (AvgIpc) is 3.14. The van der Waals surface area contributed by atoms with Gasteiger partial charge in [-0.05, 0) is 168 Å². The van der Waals surface area contributed by atoms with Gasteiger partial charge in [-0.2, -0.15) is 0 Å². The molecule has 4 aromatic carbocycles. The number of hydrogen-bond donors (Lipinski definition) is 0. The molecule has 2 fully saturated rings. The Bertz CT molecular complexity index is 2090. The lowest BCUT2D eigenvalue weighted by Crippen LogP contribution is -2.10. The molecule has 0 saturated heterocycles. The standard InChI is InChI=1S/C26H28.C24H22F2/c1-19-5-9-23(10-6-19)13-15-25-17-22(4)26(18-21(25)3)16-14-24-11-7-20(2)8-12-24;1-17-3-5-19(6-4-17)7-8-20-9-11-21(12-10-20)13-14-22-16-23(25)18(2)15-24(22)26/h5-6,9-10,17-18,20,24H,7-8,11-12H2,1-4H3;9-12,15-17,19H,3-6H2,1-2H3. The maximum atomic E-state index is 13.8. The minimum absolute atomic E-state index is 0.0727.